The minimum Gasteiger partial charge on any atom is -0.389 e. The van der Waals surface area contributed by atoms with Crippen LogP contribution in [0.15, 0.2) is 6.33 Å². The van der Waals surface area contributed by atoms with Crippen molar-refractivity contribution in [3.05, 3.63) is 12.2 Å². The molecule has 2 atom stereocenters. The summed E-state index contributed by atoms with van der Waals surface area (Å²) >= 11 is 0. The smallest absolute Gasteiger partial charge is 0.138 e. The van der Waals surface area contributed by atoms with Crippen LogP contribution in [-0.4, -0.2) is 25.5 Å². The maximum atomic E-state index is 10.9. The Bertz CT molecular complexity index is 427. The molecule has 4 nitrogen and oxygen atoms in total. The summed E-state index contributed by atoms with van der Waals surface area (Å²) in [5.74, 6) is 2.61. The van der Waals surface area contributed by atoms with Crippen molar-refractivity contribution in [3.63, 3.8) is 0 Å². The van der Waals surface area contributed by atoms with Crippen molar-refractivity contribution in [1.29, 1.82) is 0 Å². The Balaban J connectivity index is 1.67. The van der Waals surface area contributed by atoms with Crippen molar-refractivity contribution in [1.82, 2.24) is 14.8 Å². The first-order valence-electron chi connectivity index (χ1n) is 7.79. The van der Waals surface area contributed by atoms with Gasteiger partial charge in [-0.05, 0) is 50.4 Å². The van der Waals surface area contributed by atoms with E-state index in [0.717, 1.165) is 43.5 Å². The number of aliphatic hydroxyl groups is 1. The summed E-state index contributed by atoms with van der Waals surface area (Å²) in [7, 11) is 0. The lowest BCUT2D eigenvalue weighted by molar-refractivity contribution is -0.0218. The fourth-order valence-electron chi connectivity index (χ4n) is 3.63. The molecule has 0 aromatic carbocycles. The standard InChI is InChI=1S/C15H25N3O/c1-2-8-18-14(16-11-17-18)10-15(19)7-3-4-13(9-15)12-5-6-12/h11-13,19H,2-10H2,1H3. The van der Waals surface area contributed by atoms with E-state index < -0.39 is 5.60 Å². The third-order valence-corrected chi connectivity index (χ3v) is 4.77. The van der Waals surface area contributed by atoms with Gasteiger partial charge < -0.3 is 5.11 Å². The van der Waals surface area contributed by atoms with Crippen LogP contribution in [0.4, 0.5) is 0 Å². The van der Waals surface area contributed by atoms with E-state index in [0.29, 0.717) is 6.42 Å². The molecule has 1 aromatic rings. The van der Waals surface area contributed by atoms with E-state index in [1.807, 2.05) is 4.68 Å². The van der Waals surface area contributed by atoms with Gasteiger partial charge in [0, 0.05) is 13.0 Å². The van der Waals surface area contributed by atoms with Gasteiger partial charge in [-0.1, -0.05) is 13.3 Å². The zero-order valence-corrected chi connectivity index (χ0v) is 11.9. The third kappa shape index (κ3) is 2.99. The molecule has 1 heterocycles. The van der Waals surface area contributed by atoms with Crippen LogP contribution < -0.4 is 0 Å². The van der Waals surface area contributed by atoms with E-state index in [-0.39, 0.29) is 0 Å². The summed E-state index contributed by atoms with van der Waals surface area (Å²) in [6.45, 7) is 3.04. The molecule has 106 valence electrons. The van der Waals surface area contributed by atoms with E-state index in [4.69, 9.17) is 0 Å². The minimum absolute atomic E-state index is 0.538. The van der Waals surface area contributed by atoms with Crippen molar-refractivity contribution in [3.8, 4) is 0 Å². The molecular formula is C15H25N3O. The molecule has 2 fully saturated rings. The molecule has 0 bridgehead atoms. The van der Waals surface area contributed by atoms with E-state index >= 15 is 0 Å². The van der Waals surface area contributed by atoms with E-state index in [2.05, 4.69) is 17.0 Å². The first-order valence-corrected chi connectivity index (χ1v) is 7.79. The molecule has 0 aliphatic heterocycles. The second kappa shape index (κ2) is 5.23. The van der Waals surface area contributed by atoms with Crippen molar-refractivity contribution in [2.24, 2.45) is 11.8 Å². The summed E-state index contributed by atoms with van der Waals surface area (Å²) in [6, 6.07) is 0. The highest BCUT2D eigenvalue weighted by molar-refractivity contribution is 4.99. The molecule has 0 amide bonds. The number of aryl methyl sites for hydroxylation is 1. The summed E-state index contributed by atoms with van der Waals surface area (Å²) in [5, 5.41) is 15.2. The Morgan fingerprint density at radius 2 is 2.21 bits per heavy atom. The highest BCUT2D eigenvalue weighted by atomic mass is 16.3. The molecule has 0 saturated heterocycles. The molecule has 2 aliphatic carbocycles. The first kappa shape index (κ1) is 13.1. The molecule has 0 radical (unpaired) electrons. The Morgan fingerprint density at radius 1 is 1.37 bits per heavy atom. The fourth-order valence-corrected chi connectivity index (χ4v) is 3.63. The zero-order chi connectivity index (χ0) is 13.3. The van der Waals surface area contributed by atoms with Gasteiger partial charge in [0.2, 0.25) is 0 Å². The fraction of sp³-hybridized carbons (Fsp3) is 0.867. The lowest BCUT2D eigenvalue weighted by Gasteiger charge is -2.37. The van der Waals surface area contributed by atoms with Gasteiger partial charge >= 0.3 is 0 Å². The first-order chi connectivity index (χ1) is 9.20. The molecule has 2 unspecified atom stereocenters. The lowest BCUT2D eigenvalue weighted by Crippen LogP contribution is -2.39. The average molecular weight is 263 g/mol. The molecule has 3 rings (SSSR count). The minimum atomic E-state index is -0.538. The predicted octanol–water partition coefficient (Wildman–Crippen LogP) is 2.56. The van der Waals surface area contributed by atoms with Crippen LogP contribution in [0.3, 0.4) is 0 Å². The maximum absolute atomic E-state index is 10.9. The second-order valence-corrected chi connectivity index (χ2v) is 6.49. The maximum Gasteiger partial charge on any atom is 0.138 e. The summed E-state index contributed by atoms with van der Waals surface area (Å²) < 4.78 is 1.96. The topological polar surface area (TPSA) is 50.9 Å². The van der Waals surface area contributed by atoms with Gasteiger partial charge in [-0.25, -0.2) is 4.98 Å². The SMILES string of the molecule is CCCn1ncnc1CC1(O)CCCC(C2CC2)C1. The van der Waals surface area contributed by atoms with Crippen LogP contribution in [0.5, 0.6) is 0 Å². The quantitative estimate of drug-likeness (QED) is 0.888. The molecular weight excluding hydrogens is 238 g/mol. The average Bonchev–Trinajstić information content (AvgIpc) is 3.14. The number of rotatable bonds is 5. The summed E-state index contributed by atoms with van der Waals surface area (Å²) in [5.41, 5.74) is -0.538. The molecule has 0 spiro atoms. The van der Waals surface area contributed by atoms with Gasteiger partial charge in [0.1, 0.15) is 12.2 Å². The van der Waals surface area contributed by atoms with E-state index in [1.54, 1.807) is 6.33 Å². The molecule has 19 heavy (non-hydrogen) atoms. The van der Waals surface area contributed by atoms with Gasteiger partial charge in [0.05, 0.1) is 5.60 Å². The Hall–Kier alpha value is -0.900. The number of hydrogen-bond donors (Lipinski definition) is 1. The van der Waals surface area contributed by atoms with Crippen LogP contribution in [0.25, 0.3) is 0 Å². The summed E-state index contributed by atoms with van der Waals surface area (Å²) in [4.78, 5) is 4.35. The van der Waals surface area contributed by atoms with Crippen molar-refractivity contribution in [2.45, 2.75) is 70.4 Å². The summed E-state index contributed by atoms with van der Waals surface area (Å²) in [6.07, 6.45) is 10.5. The highest BCUT2D eigenvalue weighted by Gasteiger charge is 2.41. The van der Waals surface area contributed by atoms with Crippen molar-refractivity contribution >= 4 is 0 Å². The third-order valence-electron chi connectivity index (χ3n) is 4.77. The molecule has 1 aromatic heterocycles. The molecule has 2 aliphatic rings. The molecule has 1 N–H and O–H groups in total. The Kier molecular flexibility index (Phi) is 3.61. The molecule has 2 saturated carbocycles. The van der Waals surface area contributed by atoms with Gasteiger partial charge in [-0.2, -0.15) is 5.10 Å². The Morgan fingerprint density at radius 3 is 2.95 bits per heavy atom. The number of hydrogen-bond acceptors (Lipinski definition) is 3. The predicted molar refractivity (Wildman–Crippen MR) is 73.6 cm³/mol. The number of aromatic nitrogens is 3. The van der Waals surface area contributed by atoms with Crippen LogP contribution >= 0.6 is 0 Å². The van der Waals surface area contributed by atoms with Gasteiger partial charge in [-0.15, -0.1) is 0 Å². The molecule has 4 heteroatoms. The van der Waals surface area contributed by atoms with Crippen molar-refractivity contribution < 1.29 is 5.11 Å². The zero-order valence-electron chi connectivity index (χ0n) is 11.9. The van der Waals surface area contributed by atoms with Crippen LogP contribution in [0.2, 0.25) is 0 Å². The largest absolute Gasteiger partial charge is 0.389 e. The lowest BCUT2D eigenvalue weighted by atomic mass is 9.74. The van der Waals surface area contributed by atoms with Crippen LogP contribution in [0.1, 0.15) is 57.7 Å². The van der Waals surface area contributed by atoms with Crippen LogP contribution in [0, 0.1) is 11.8 Å². The van der Waals surface area contributed by atoms with Gasteiger partial charge in [-0.3, -0.25) is 4.68 Å². The Labute approximate surface area is 115 Å². The highest BCUT2D eigenvalue weighted by Crippen LogP contribution is 2.47. The monoisotopic (exact) mass is 263 g/mol. The van der Waals surface area contributed by atoms with E-state index in [9.17, 15) is 5.11 Å². The second-order valence-electron chi connectivity index (χ2n) is 6.49. The number of nitrogens with zero attached hydrogens (tertiary/aromatic N) is 3. The van der Waals surface area contributed by atoms with Crippen molar-refractivity contribution in [2.75, 3.05) is 0 Å². The van der Waals surface area contributed by atoms with Crippen LogP contribution in [-0.2, 0) is 13.0 Å². The van der Waals surface area contributed by atoms with Gasteiger partial charge in [0.25, 0.3) is 0 Å². The van der Waals surface area contributed by atoms with E-state index in [1.165, 1.54) is 25.7 Å². The normalized spacial score (nSPS) is 31.6. The van der Waals surface area contributed by atoms with Gasteiger partial charge in [0.15, 0.2) is 0 Å².